The molecule has 0 spiro atoms. The Morgan fingerprint density at radius 2 is 1.62 bits per heavy atom. The van der Waals surface area contributed by atoms with Crippen molar-refractivity contribution in [3.63, 3.8) is 0 Å². The van der Waals surface area contributed by atoms with Crippen molar-refractivity contribution in [2.24, 2.45) is 0 Å². The van der Waals surface area contributed by atoms with Crippen LogP contribution in [0.15, 0.2) is 66.7 Å². The van der Waals surface area contributed by atoms with E-state index in [9.17, 15) is 0 Å². The standard InChI is InChI=1S/C25H25Cl2NO/c1-16(17-7-10-19(29-2)11-8-17)28-25-14-12-20(21-5-3-4-6-22(21)25)18-9-13-23(26)24(27)15-18/h3-11,13,15-16,20,25,28H,12,14H2,1-2H3/t16-,20?,25-/m1/s1. The van der Waals surface area contributed by atoms with Crippen LogP contribution < -0.4 is 10.1 Å². The molecule has 1 unspecified atom stereocenters. The van der Waals surface area contributed by atoms with Crippen molar-refractivity contribution >= 4 is 23.2 Å². The molecule has 0 aliphatic heterocycles. The largest absolute Gasteiger partial charge is 0.497 e. The Balaban J connectivity index is 1.58. The van der Waals surface area contributed by atoms with Crippen LogP contribution in [-0.4, -0.2) is 7.11 Å². The Hall–Kier alpha value is -2.00. The van der Waals surface area contributed by atoms with Crippen LogP contribution in [0.5, 0.6) is 5.75 Å². The van der Waals surface area contributed by atoms with E-state index < -0.39 is 0 Å². The molecular formula is C25H25Cl2NO. The van der Waals surface area contributed by atoms with Gasteiger partial charge >= 0.3 is 0 Å². The van der Waals surface area contributed by atoms with E-state index in [1.165, 1.54) is 22.3 Å². The minimum Gasteiger partial charge on any atom is -0.497 e. The van der Waals surface area contributed by atoms with Gasteiger partial charge < -0.3 is 10.1 Å². The molecule has 0 aromatic heterocycles. The molecule has 3 aromatic rings. The zero-order chi connectivity index (χ0) is 20.4. The molecule has 0 saturated heterocycles. The van der Waals surface area contributed by atoms with Crippen molar-refractivity contribution in [1.82, 2.24) is 5.32 Å². The van der Waals surface area contributed by atoms with Crippen molar-refractivity contribution in [1.29, 1.82) is 0 Å². The maximum absolute atomic E-state index is 6.29. The quantitative estimate of drug-likeness (QED) is 0.462. The van der Waals surface area contributed by atoms with Gasteiger partial charge in [-0.05, 0) is 66.3 Å². The summed E-state index contributed by atoms with van der Waals surface area (Å²) >= 11 is 12.4. The molecule has 4 heteroatoms. The maximum Gasteiger partial charge on any atom is 0.118 e. The summed E-state index contributed by atoms with van der Waals surface area (Å²) in [7, 11) is 1.69. The van der Waals surface area contributed by atoms with Crippen LogP contribution in [0.1, 0.15) is 60.0 Å². The van der Waals surface area contributed by atoms with Crippen molar-refractivity contribution in [2.45, 2.75) is 37.8 Å². The first kappa shape index (κ1) is 20.3. The van der Waals surface area contributed by atoms with Crippen molar-refractivity contribution in [2.75, 3.05) is 7.11 Å². The van der Waals surface area contributed by atoms with Gasteiger partial charge in [-0.15, -0.1) is 0 Å². The lowest BCUT2D eigenvalue weighted by molar-refractivity contribution is 0.400. The molecule has 2 nitrogen and oxygen atoms in total. The number of rotatable bonds is 5. The second kappa shape index (κ2) is 8.79. The Morgan fingerprint density at radius 3 is 2.31 bits per heavy atom. The summed E-state index contributed by atoms with van der Waals surface area (Å²) in [6.07, 6.45) is 2.14. The van der Waals surface area contributed by atoms with Gasteiger partial charge in [0.2, 0.25) is 0 Å². The third-order valence-corrected chi connectivity index (χ3v) is 6.64. The monoisotopic (exact) mass is 425 g/mol. The molecule has 0 bridgehead atoms. The zero-order valence-corrected chi connectivity index (χ0v) is 18.2. The number of nitrogens with one attached hydrogen (secondary N) is 1. The lowest BCUT2D eigenvalue weighted by atomic mass is 9.76. The van der Waals surface area contributed by atoms with E-state index in [0.29, 0.717) is 22.0 Å². The Bertz CT molecular complexity index is 986. The summed E-state index contributed by atoms with van der Waals surface area (Å²) in [4.78, 5) is 0. The van der Waals surface area contributed by atoms with Crippen LogP contribution in [0.25, 0.3) is 0 Å². The Morgan fingerprint density at radius 1 is 0.897 bits per heavy atom. The first-order chi connectivity index (χ1) is 14.1. The van der Waals surface area contributed by atoms with Crippen molar-refractivity contribution < 1.29 is 4.74 Å². The lowest BCUT2D eigenvalue weighted by Gasteiger charge is -2.34. The molecule has 0 saturated carbocycles. The molecule has 1 aliphatic rings. The SMILES string of the molecule is COc1ccc([C@@H](C)N[C@@H]2CCC(c3ccc(Cl)c(Cl)c3)c3ccccc32)cc1. The molecular weight excluding hydrogens is 401 g/mol. The number of halogens is 2. The average molecular weight is 426 g/mol. The number of ether oxygens (including phenoxy) is 1. The fourth-order valence-electron chi connectivity index (χ4n) is 4.33. The highest BCUT2D eigenvalue weighted by Gasteiger charge is 2.29. The topological polar surface area (TPSA) is 21.3 Å². The fraction of sp³-hybridized carbons (Fsp3) is 0.280. The molecule has 1 aliphatic carbocycles. The summed E-state index contributed by atoms with van der Waals surface area (Å²) < 4.78 is 5.28. The highest BCUT2D eigenvalue weighted by molar-refractivity contribution is 6.42. The molecule has 0 radical (unpaired) electrons. The molecule has 150 valence electrons. The molecule has 0 heterocycles. The summed E-state index contributed by atoms with van der Waals surface area (Å²) in [6, 6.07) is 23.6. The van der Waals surface area contributed by atoms with Crippen LogP contribution in [0, 0.1) is 0 Å². The smallest absolute Gasteiger partial charge is 0.118 e. The highest BCUT2D eigenvalue weighted by atomic mass is 35.5. The molecule has 4 rings (SSSR count). The molecule has 29 heavy (non-hydrogen) atoms. The minimum absolute atomic E-state index is 0.250. The predicted molar refractivity (Wildman–Crippen MR) is 121 cm³/mol. The minimum atomic E-state index is 0.250. The van der Waals surface area contributed by atoms with E-state index in [2.05, 4.69) is 54.7 Å². The third-order valence-electron chi connectivity index (χ3n) is 5.90. The van der Waals surface area contributed by atoms with Crippen LogP contribution >= 0.6 is 23.2 Å². The van der Waals surface area contributed by atoms with Crippen molar-refractivity contribution in [3.05, 3.63) is 99.0 Å². The van der Waals surface area contributed by atoms with Crippen LogP contribution in [0.2, 0.25) is 10.0 Å². The van der Waals surface area contributed by atoms with Gasteiger partial charge in [-0.2, -0.15) is 0 Å². The zero-order valence-electron chi connectivity index (χ0n) is 16.7. The fourth-order valence-corrected chi connectivity index (χ4v) is 4.64. The Kier molecular flexibility index (Phi) is 6.15. The first-order valence-corrected chi connectivity index (χ1v) is 10.8. The third kappa shape index (κ3) is 4.30. The summed E-state index contributed by atoms with van der Waals surface area (Å²) in [5.74, 6) is 1.23. The highest BCUT2D eigenvalue weighted by Crippen LogP contribution is 2.43. The summed E-state index contributed by atoms with van der Waals surface area (Å²) in [5.41, 5.74) is 5.23. The van der Waals surface area contributed by atoms with E-state index in [0.717, 1.165) is 18.6 Å². The van der Waals surface area contributed by atoms with E-state index in [1.807, 2.05) is 24.3 Å². The predicted octanol–water partition coefficient (Wildman–Crippen LogP) is 7.32. The van der Waals surface area contributed by atoms with Gasteiger partial charge in [0.05, 0.1) is 17.2 Å². The first-order valence-electron chi connectivity index (χ1n) is 10.0. The molecule has 3 aromatic carbocycles. The maximum atomic E-state index is 6.29. The van der Waals surface area contributed by atoms with Crippen LogP contribution in [-0.2, 0) is 0 Å². The van der Waals surface area contributed by atoms with Crippen molar-refractivity contribution in [3.8, 4) is 5.75 Å². The summed E-state index contributed by atoms with van der Waals surface area (Å²) in [6.45, 7) is 2.22. The molecule has 0 fully saturated rings. The van der Waals surface area contributed by atoms with E-state index in [1.54, 1.807) is 7.11 Å². The summed E-state index contributed by atoms with van der Waals surface area (Å²) in [5, 5.41) is 5.06. The molecule has 0 amide bonds. The van der Waals surface area contributed by atoms with E-state index in [-0.39, 0.29) is 6.04 Å². The van der Waals surface area contributed by atoms with Gasteiger partial charge in [-0.3, -0.25) is 0 Å². The number of fused-ring (bicyclic) bond motifs is 1. The normalized spacial score (nSPS) is 19.4. The lowest BCUT2D eigenvalue weighted by Crippen LogP contribution is -2.29. The van der Waals surface area contributed by atoms with Gasteiger partial charge in [0.25, 0.3) is 0 Å². The number of hydrogen-bond acceptors (Lipinski definition) is 2. The van der Waals surface area contributed by atoms with Crippen LogP contribution in [0.3, 0.4) is 0 Å². The van der Waals surface area contributed by atoms with Gasteiger partial charge in [0.15, 0.2) is 0 Å². The average Bonchev–Trinajstić information content (AvgIpc) is 2.76. The number of hydrogen-bond donors (Lipinski definition) is 1. The second-order valence-electron chi connectivity index (χ2n) is 7.65. The van der Waals surface area contributed by atoms with Crippen LogP contribution in [0.4, 0.5) is 0 Å². The van der Waals surface area contributed by atoms with Gasteiger partial charge in [0.1, 0.15) is 5.75 Å². The van der Waals surface area contributed by atoms with Gasteiger partial charge in [0, 0.05) is 18.0 Å². The van der Waals surface area contributed by atoms with E-state index >= 15 is 0 Å². The second-order valence-corrected chi connectivity index (χ2v) is 8.46. The molecule has 3 atom stereocenters. The Labute approximate surface area is 182 Å². The van der Waals surface area contributed by atoms with Gasteiger partial charge in [-0.1, -0.05) is 65.7 Å². The number of benzene rings is 3. The molecule has 1 N–H and O–H groups in total. The van der Waals surface area contributed by atoms with E-state index in [4.69, 9.17) is 27.9 Å². The number of methoxy groups -OCH3 is 1. The van der Waals surface area contributed by atoms with Gasteiger partial charge in [-0.25, -0.2) is 0 Å².